The minimum Gasteiger partial charge on any atom is -0.339 e. The number of rotatable bonds is 3. The molecule has 0 aliphatic carbocycles. The molecule has 6 heteroatoms. The van der Waals surface area contributed by atoms with Crippen LogP contribution in [-0.2, 0) is 11.2 Å². The van der Waals surface area contributed by atoms with Crippen molar-refractivity contribution in [2.45, 2.75) is 13.3 Å². The van der Waals surface area contributed by atoms with Crippen LogP contribution in [-0.4, -0.2) is 16.0 Å². The molecule has 1 amide bonds. The molecule has 1 heterocycles. The van der Waals surface area contributed by atoms with Crippen molar-refractivity contribution in [2.24, 2.45) is 0 Å². The van der Waals surface area contributed by atoms with Crippen LogP contribution in [0.15, 0.2) is 28.8 Å². The summed E-state index contributed by atoms with van der Waals surface area (Å²) in [7, 11) is 0. The van der Waals surface area contributed by atoms with Crippen molar-refractivity contribution in [3.63, 3.8) is 0 Å². The molecule has 0 atom stereocenters. The molecule has 0 saturated carbocycles. The normalized spacial score (nSPS) is 9.78. The molecule has 0 radical (unpaired) electrons. The van der Waals surface area contributed by atoms with Crippen LogP contribution in [0.3, 0.4) is 0 Å². The molecule has 2 rings (SSSR count). The first kappa shape index (κ1) is 11.8. The Hall–Kier alpha value is -2.68. The number of nitriles is 1. The van der Waals surface area contributed by atoms with E-state index in [4.69, 9.17) is 9.78 Å². The smallest absolute Gasteiger partial charge is 0.236 e. The van der Waals surface area contributed by atoms with Gasteiger partial charge in [-0.3, -0.25) is 4.79 Å². The van der Waals surface area contributed by atoms with Gasteiger partial charge in [-0.05, 0) is 25.1 Å². The Morgan fingerprint density at radius 2 is 2.39 bits per heavy atom. The van der Waals surface area contributed by atoms with Crippen LogP contribution in [0.5, 0.6) is 0 Å². The van der Waals surface area contributed by atoms with E-state index in [1.165, 1.54) is 0 Å². The number of nitrogens with one attached hydrogen (secondary N) is 1. The standard InChI is InChI=1S/C12H10N4O2/c1-8-14-12(18-16-8)6-11(17)15-10-4-2-3-9(5-10)7-13/h2-5H,6H2,1H3,(H,15,17). The number of carbonyl (C=O) groups is 1. The van der Waals surface area contributed by atoms with Crippen molar-refractivity contribution in [1.29, 1.82) is 5.26 Å². The van der Waals surface area contributed by atoms with E-state index in [1.54, 1.807) is 31.2 Å². The van der Waals surface area contributed by atoms with E-state index in [-0.39, 0.29) is 18.2 Å². The zero-order valence-corrected chi connectivity index (χ0v) is 9.67. The first-order chi connectivity index (χ1) is 8.67. The van der Waals surface area contributed by atoms with E-state index < -0.39 is 0 Å². The van der Waals surface area contributed by atoms with Crippen LogP contribution < -0.4 is 5.32 Å². The van der Waals surface area contributed by atoms with Crippen LogP contribution in [0.4, 0.5) is 5.69 Å². The quantitative estimate of drug-likeness (QED) is 0.878. The number of hydrogen-bond donors (Lipinski definition) is 1. The summed E-state index contributed by atoms with van der Waals surface area (Å²) in [5, 5.41) is 15.0. The fraction of sp³-hybridized carbons (Fsp3) is 0.167. The van der Waals surface area contributed by atoms with E-state index in [0.717, 1.165) is 0 Å². The molecule has 2 aromatic rings. The monoisotopic (exact) mass is 242 g/mol. The Bertz CT molecular complexity index is 613. The first-order valence-corrected chi connectivity index (χ1v) is 5.26. The van der Waals surface area contributed by atoms with Crippen molar-refractivity contribution in [3.8, 4) is 6.07 Å². The molecule has 1 aromatic carbocycles. The molecule has 0 saturated heterocycles. The molecule has 1 N–H and O–H groups in total. The molecular formula is C12H10N4O2. The fourth-order valence-corrected chi connectivity index (χ4v) is 1.42. The Balaban J connectivity index is 2.01. The highest BCUT2D eigenvalue weighted by Gasteiger charge is 2.09. The van der Waals surface area contributed by atoms with Gasteiger partial charge in [-0.1, -0.05) is 11.2 Å². The predicted molar refractivity (Wildman–Crippen MR) is 62.5 cm³/mol. The number of nitrogens with zero attached hydrogens (tertiary/aromatic N) is 3. The number of aromatic nitrogens is 2. The lowest BCUT2D eigenvalue weighted by atomic mass is 10.2. The molecule has 0 bridgehead atoms. The molecular weight excluding hydrogens is 232 g/mol. The molecule has 0 aliphatic rings. The van der Waals surface area contributed by atoms with Gasteiger partial charge in [-0.2, -0.15) is 10.2 Å². The topological polar surface area (TPSA) is 91.8 Å². The van der Waals surface area contributed by atoms with Crippen LogP contribution >= 0.6 is 0 Å². The summed E-state index contributed by atoms with van der Waals surface area (Å²) in [5.74, 6) is 0.486. The lowest BCUT2D eigenvalue weighted by Crippen LogP contribution is -2.14. The zero-order valence-electron chi connectivity index (χ0n) is 9.67. The average Bonchev–Trinajstić information content (AvgIpc) is 2.74. The summed E-state index contributed by atoms with van der Waals surface area (Å²) < 4.78 is 4.84. The van der Waals surface area contributed by atoms with E-state index in [9.17, 15) is 4.79 Å². The Morgan fingerprint density at radius 3 is 3.06 bits per heavy atom. The Labute approximate surface area is 103 Å². The van der Waals surface area contributed by atoms with E-state index in [2.05, 4.69) is 15.5 Å². The molecule has 1 aromatic heterocycles. The number of benzene rings is 1. The largest absolute Gasteiger partial charge is 0.339 e. The third kappa shape index (κ3) is 2.92. The van der Waals surface area contributed by atoms with Crippen molar-refractivity contribution >= 4 is 11.6 Å². The van der Waals surface area contributed by atoms with Gasteiger partial charge in [0.1, 0.15) is 6.42 Å². The third-order valence-electron chi connectivity index (χ3n) is 2.16. The lowest BCUT2D eigenvalue weighted by Gasteiger charge is -2.03. The second kappa shape index (κ2) is 5.10. The summed E-state index contributed by atoms with van der Waals surface area (Å²) >= 11 is 0. The van der Waals surface area contributed by atoms with Crippen molar-refractivity contribution in [1.82, 2.24) is 10.1 Å². The molecule has 0 fully saturated rings. The van der Waals surface area contributed by atoms with E-state index in [1.807, 2.05) is 6.07 Å². The summed E-state index contributed by atoms with van der Waals surface area (Å²) in [5.41, 5.74) is 1.05. The molecule has 0 spiro atoms. The summed E-state index contributed by atoms with van der Waals surface area (Å²) in [6, 6.07) is 8.66. The summed E-state index contributed by atoms with van der Waals surface area (Å²) in [4.78, 5) is 15.6. The number of carbonyl (C=O) groups excluding carboxylic acids is 1. The Kier molecular flexibility index (Phi) is 3.34. The molecule has 6 nitrogen and oxygen atoms in total. The highest BCUT2D eigenvalue weighted by Crippen LogP contribution is 2.10. The SMILES string of the molecule is Cc1noc(CC(=O)Nc2cccc(C#N)c2)n1. The molecule has 0 unspecified atom stereocenters. The summed E-state index contributed by atoms with van der Waals surface area (Å²) in [6.45, 7) is 1.68. The van der Waals surface area contributed by atoms with Crippen molar-refractivity contribution in [2.75, 3.05) is 5.32 Å². The zero-order chi connectivity index (χ0) is 13.0. The van der Waals surface area contributed by atoms with Crippen LogP contribution in [0.2, 0.25) is 0 Å². The van der Waals surface area contributed by atoms with E-state index in [0.29, 0.717) is 17.1 Å². The number of aryl methyl sites for hydroxylation is 1. The predicted octanol–water partition coefficient (Wildman–Crippen LogP) is 1.43. The fourth-order valence-electron chi connectivity index (χ4n) is 1.42. The van der Waals surface area contributed by atoms with Crippen LogP contribution in [0.1, 0.15) is 17.3 Å². The minimum atomic E-state index is -0.270. The maximum atomic E-state index is 11.7. The lowest BCUT2D eigenvalue weighted by molar-refractivity contribution is -0.115. The van der Waals surface area contributed by atoms with Gasteiger partial charge < -0.3 is 9.84 Å². The van der Waals surface area contributed by atoms with Crippen molar-refractivity contribution < 1.29 is 9.32 Å². The second-order valence-electron chi connectivity index (χ2n) is 3.65. The average molecular weight is 242 g/mol. The second-order valence-corrected chi connectivity index (χ2v) is 3.65. The van der Waals surface area contributed by atoms with Crippen LogP contribution in [0.25, 0.3) is 0 Å². The number of anilines is 1. The molecule has 90 valence electrons. The highest BCUT2D eigenvalue weighted by atomic mass is 16.5. The van der Waals surface area contributed by atoms with Crippen molar-refractivity contribution in [3.05, 3.63) is 41.5 Å². The van der Waals surface area contributed by atoms with Gasteiger partial charge in [-0.25, -0.2) is 0 Å². The van der Waals surface area contributed by atoms with Gasteiger partial charge in [0.15, 0.2) is 5.82 Å². The Morgan fingerprint density at radius 1 is 1.56 bits per heavy atom. The molecule has 0 aliphatic heterocycles. The number of amides is 1. The third-order valence-corrected chi connectivity index (χ3v) is 2.16. The first-order valence-electron chi connectivity index (χ1n) is 5.26. The van der Waals surface area contributed by atoms with Gasteiger partial charge in [-0.15, -0.1) is 0 Å². The highest BCUT2D eigenvalue weighted by molar-refractivity contribution is 5.91. The van der Waals surface area contributed by atoms with Gasteiger partial charge in [0, 0.05) is 5.69 Å². The summed E-state index contributed by atoms with van der Waals surface area (Å²) in [6.07, 6.45) is 0.0115. The number of hydrogen-bond acceptors (Lipinski definition) is 5. The van der Waals surface area contributed by atoms with Gasteiger partial charge >= 0.3 is 0 Å². The van der Waals surface area contributed by atoms with Gasteiger partial charge in [0.05, 0.1) is 11.6 Å². The van der Waals surface area contributed by atoms with Gasteiger partial charge in [0.25, 0.3) is 0 Å². The maximum Gasteiger partial charge on any atom is 0.236 e. The van der Waals surface area contributed by atoms with E-state index >= 15 is 0 Å². The minimum absolute atomic E-state index is 0.0115. The van der Waals surface area contributed by atoms with Gasteiger partial charge in [0.2, 0.25) is 11.8 Å². The van der Waals surface area contributed by atoms with Crippen LogP contribution in [0, 0.1) is 18.3 Å². The maximum absolute atomic E-state index is 11.7. The molecule has 18 heavy (non-hydrogen) atoms.